The van der Waals surface area contributed by atoms with Gasteiger partial charge < -0.3 is 9.52 Å². The third-order valence-corrected chi connectivity index (χ3v) is 3.48. The van der Waals surface area contributed by atoms with Crippen molar-refractivity contribution in [1.29, 1.82) is 0 Å². The molecule has 1 aromatic carbocycles. The van der Waals surface area contributed by atoms with Crippen LogP contribution in [0.15, 0.2) is 39.2 Å². The summed E-state index contributed by atoms with van der Waals surface area (Å²) >= 11 is 9.32. The highest BCUT2D eigenvalue weighted by Gasteiger charge is 2.09. The number of hydrogen-bond acceptors (Lipinski definition) is 2. The molecule has 0 radical (unpaired) electrons. The maximum Gasteiger partial charge on any atom is 0.134 e. The van der Waals surface area contributed by atoms with Crippen molar-refractivity contribution in [3.8, 4) is 11.3 Å². The van der Waals surface area contributed by atoms with Gasteiger partial charge in [0.05, 0.1) is 5.02 Å². The van der Waals surface area contributed by atoms with Gasteiger partial charge in [0.1, 0.15) is 17.6 Å². The van der Waals surface area contributed by atoms with Crippen molar-refractivity contribution in [1.82, 2.24) is 0 Å². The van der Waals surface area contributed by atoms with Crippen LogP contribution in [0.25, 0.3) is 11.3 Å². The summed E-state index contributed by atoms with van der Waals surface area (Å²) in [5.74, 6) is 1.25. The summed E-state index contributed by atoms with van der Waals surface area (Å²) in [6.07, 6.45) is -0.598. The predicted octanol–water partition coefficient (Wildman–Crippen LogP) is 4.42. The van der Waals surface area contributed by atoms with Crippen LogP contribution in [0.5, 0.6) is 0 Å². The van der Waals surface area contributed by atoms with Gasteiger partial charge in [-0.2, -0.15) is 0 Å². The average Bonchev–Trinajstić information content (AvgIpc) is 2.71. The van der Waals surface area contributed by atoms with Gasteiger partial charge in [0, 0.05) is 10.0 Å². The van der Waals surface area contributed by atoms with Crippen LogP contribution < -0.4 is 0 Å². The fourth-order valence-electron chi connectivity index (χ4n) is 1.38. The Hall–Kier alpha value is -0.770. The normalized spacial score (nSPS) is 12.8. The van der Waals surface area contributed by atoms with Crippen molar-refractivity contribution < 1.29 is 9.52 Å². The summed E-state index contributed by atoms with van der Waals surface area (Å²) in [4.78, 5) is 0. The zero-order valence-corrected chi connectivity index (χ0v) is 10.9. The van der Waals surface area contributed by atoms with Gasteiger partial charge in [-0.25, -0.2) is 0 Å². The Balaban J connectivity index is 2.39. The Morgan fingerprint density at radius 2 is 2.06 bits per heavy atom. The summed E-state index contributed by atoms with van der Waals surface area (Å²) in [5, 5.41) is 9.99. The van der Waals surface area contributed by atoms with Crippen molar-refractivity contribution in [2.24, 2.45) is 0 Å². The summed E-state index contributed by atoms with van der Waals surface area (Å²) < 4.78 is 6.35. The van der Waals surface area contributed by atoms with Crippen molar-refractivity contribution in [2.45, 2.75) is 13.0 Å². The van der Waals surface area contributed by atoms with Crippen molar-refractivity contribution in [3.05, 3.63) is 45.6 Å². The monoisotopic (exact) mass is 300 g/mol. The minimum absolute atomic E-state index is 0.550. The fourth-order valence-corrected chi connectivity index (χ4v) is 1.81. The molecule has 1 heterocycles. The first-order chi connectivity index (χ1) is 7.58. The van der Waals surface area contributed by atoms with E-state index >= 15 is 0 Å². The van der Waals surface area contributed by atoms with Crippen LogP contribution in [0.4, 0.5) is 0 Å². The lowest BCUT2D eigenvalue weighted by molar-refractivity contribution is 0.170. The van der Waals surface area contributed by atoms with E-state index in [9.17, 15) is 5.11 Å². The molecule has 2 nitrogen and oxygen atoms in total. The summed E-state index contributed by atoms with van der Waals surface area (Å²) in [6, 6.07) is 9.16. The quantitative estimate of drug-likeness (QED) is 0.891. The number of rotatable bonds is 2. The van der Waals surface area contributed by atoms with Gasteiger partial charge in [-0.1, -0.05) is 17.7 Å². The van der Waals surface area contributed by atoms with Gasteiger partial charge in [0.2, 0.25) is 0 Å². The van der Waals surface area contributed by atoms with Crippen molar-refractivity contribution in [3.63, 3.8) is 0 Å². The highest BCUT2D eigenvalue weighted by atomic mass is 79.9. The lowest BCUT2D eigenvalue weighted by atomic mass is 10.2. The zero-order chi connectivity index (χ0) is 11.7. The summed E-state index contributed by atoms with van der Waals surface area (Å²) in [7, 11) is 0. The second-order valence-corrected chi connectivity index (χ2v) is 4.77. The maximum absolute atomic E-state index is 9.36. The number of halogens is 2. The number of aliphatic hydroxyl groups excluding tert-OH is 1. The van der Waals surface area contributed by atoms with Gasteiger partial charge in [-0.3, -0.25) is 0 Å². The molecule has 0 spiro atoms. The number of hydrogen-bond donors (Lipinski definition) is 1. The molecule has 0 fully saturated rings. The predicted molar refractivity (Wildman–Crippen MR) is 67.5 cm³/mol. The van der Waals surface area contributed by atoms with Gasteiger partial charge in [-0.05, 0) is 47.1 Å². The number of benzene rings is 1. The molecular weight excluding hydrogens is 291 g/mol. The zero-order valence-electron chi connectivity index (χ0n) is 8.58. The molecule has 1 N–H and O–H groups in total. The van der Waals surface area contributed by atoms with Crippen molar-refractivity contribution >= 4 is 27.5 Å². The summed E-state index contributed by atoms with van der Waals surface area (Å²) in [6.45, 7) is 1.66. The smallest absolute Gasteiger partial charge is 0.134 e. The second-order valence-electron chi connectivity index (χ2n) is 3.51. The van der Waals surface area contributed by atoms with Crippen LogP contribution in [0.3, 0.4) is 0 Å². The number of furan rings is 1. The van der Waals surface area contributed by atoms with E-state index < -0.39 is 6.10 Å². The first kappa shape index (κ1) is 11.7. The van der Waals surface area contributed by atoms with Gasteiger partial charge in [-0.15, -0.1) is 0 Å². The minimum Gasteiger partial charge on any atom is -0.458 e. The Morgan fingerprint density at radius 3 is 2.62 bits per heavy atom. The van der Waals surface area contributed by atoms with Crippen LogP contribution in [0, 0.1) is 0 Å². The molecule has 1 atom stereocenters. The van der Waals surface area contributed by atoms with Gasteiger partial charge >= 0.3 is 0 Å². The largest absolute Gasteiger partial charge is 0.458 e. The summed E-state index contributed by atoms with van der Waals surface area (Å²) in [5.41, 5.74) is 0.889. The molecule has 0 aliphatic heterocycles. The minimum atomic E-state index is -0.598. The highest BCUT2D eigenvalue weighted by molar-refractivity contribution is 9.10. The SMILES string of the molecule is CC(O)c1ccc(-c2ccc(Br)c(Cl)c2)o1. The molecule has 4 heteroatoms. The van der Waals surface area contributed by atoms with Crippen LogP contribution in [0.2, 0.25) is 5.02 Å². The van der Waals surface area contributed by atoms with Crippen LogP contribution in [-0.4, -0.2) is 5.11 Å². The fraction of sp³-hybridized carbons (Fsp3) is 0.167. The Kier molecular flexibility index (Phi) is 3.38. The van der Waals surface area contributed by atoms with E-state index in [-0.39, 0.29) is 0 Å². The first-order valence-corrected chi connectivity index (χ1v) is 5.98. The molecule has 0 saturated carbocycles. The Bertz CT molecular complexity index is 505. The highest BCUT2D eigenvalue weighted by Crippen LogP contribution is 2.30. The number of aliphatic hydroxyl groups is 1. The van der Waals surface area contributed by atoms with Crippen molar-refractivity contribution in [2.75, 3.05) is 0 Å². The van der Waals surface area contributed by atoms with Crippen LogP contribution >= 0.6 is 27.5 Å². The van der Waals surface area contributed by atoms with Crippen LogP contribution in [-0.2, 0) is 0 Å². The topological polar surface area (TPSA) is 33.4 Å². The first-order valence-electron chi connectivity index (χ1n) is 4.81. The molecule has 1 unspecified atom stereocenters. The molecule has 0 saturated heterocycles. The molecule has 0 aliphatic rings. The van der Waals surface area contributed by atoms with E-state index in [0.717, 1.165) is 10.0 Å². The van der Waals surface area contributed by atoms with Gasteiger partial charge in [0.25, 0.3) is 0 Å². The van der Waals surface area contributed by atoms with E-state index in [1.165, 1.54) is 0 Å². The van der Waals surface area contributed by atoms with E-state index in [0.29, 0.717) is 16.5 Å². The van der Waals surface area contributed by atoms with E-state index in [2.05, 4.69) is 15.9 Å². The molecule has 1 aromatic heterocycles. The average molecular weight is 302 g/mol. The van der Waals surface area contributed by atoms with E-state index in [1.54, 1.807) is 13.0 Å². The lowest BCUT2D eigenvalue weighted by Gasteiger charge is -2.01. The second kappa shape index (κ2) is 4.62. The molecule has 16 heavy (non-hydrogen) atoms. The third kappa shape index (κ3) is 2.32. The van der Waals surface area contributed by atoms with Crippen LogP contribution in [0.1, 0.15) is 18.8 Å². The Morgan fingerprint density at radius 1 is 1.31 bits per heavy atom. The lowest BCUT2D eigenvalue weighted by Crippen LogP contribution is -1.85. The molecule has 2 rings (SSSR count). The molecule has 2 aromatic rings. The molecule has 0 aliphatic carbocycles. The van der Waals surface area contributed by atoms with E-state index in [1.807, 2.05) is 24.3 Å². The Labute approximate surface area is 107 Å². The molecule has 84 valence electrons. The molecular formula is C12H10BrClO2. The standard InChI is InChI=1S/C12H10BrClO2/c1-7(15)11-4-5-12(16-11)8-2-3-9(13)10(14)6-8/h2-7,15H,1H3. The molecule has 0 amide bonds. The van der Waals surface area contributed by atoms with Gasteiger partial charge in [0.15, 0.2) is 0 Å². The maximum atomic E-state index is 9.36. The molecule has 0 bridgehead atoms. The third-order valence-electron chi connectivity index (χ3n) is 2.24. The van der Waals surface area contributed by atoms with E-state index in [4.69, 9.17) is 16.0 Å².